The SMILES string of the molecule is O=C(O)C1=CN2C=CN3NC=CC3=C2C=C1. The molecule has 0 fully saturated rings. The van der Waals surface area contributed by atoms with Crippen molar-refractivity contribution in [2.75, 3.05) is 0 Å². The largest absolute Gasteiger partial charge is 0.478 e. The Bertz CT molecular complexity index is 511. The molecule has 5 heteroatoms. The quantitative estimate of drug-likeness (QED) is 0.679. The summed E-state index contributed by atoms with van der Waals surface area (Å²) >= 11 is 0. The Morgan fingerprint density at radius 2 is 2.06 bits per heavy atom. The maximum atomic E-state index is 10.8. The van der Waals surface area contributed by atoms with Gasteiger partial charge in [0.1, 0.15) is 0 Å². The monoisotopic (exact) mass is 215 g/mol. The summed E-state index contributed by atoms with van der Waals surface area (Å²) in [6, 6.07) is 0. The Kier molecular flexibility index (Phi) is 1.67. The third-order valence-corrected chi connectivity index (χ3v) is 2.58. The van der Waals surface area contributed by atoms with Gasteiger partial charge in [-0.05, 0) is 18.2 Å². The first kappa shape index (κ1) is 8.84. The molecule has 0 aromatic carbocycles. The van der Waals surface area contributed by atoms with Crippen LogP contribution in [0, 0.1) is 0 Å². The number of hydrogen-bond donors (Lipinski definition) is 2. The highest BCUT2D eigenvalue weighted by molar-refractivity contribution is 5.90. The number of carbonyl (C=O) groups is 1. The Morgan fingerprint density at radius 1 is 1.19 bits per heavy atom. The van der Waals surface area contributed by atoms with E-state index in [9.17, 15) is 4.79 Å². The molecule has 0 bridgehead atoms. The molecular weight excluding hydrogens is 206 g/mol. The van der Waals surface area contributed by atoms with Gasteiger partial charge in [-0.1, -0.05) is 0 Å². The number of hydrogen-bond acceptors (Lipinski definition) is 4. The van der Waals surface area contributed by atoms with Gasteiger partial charge in [0, 0.05) is 24.8 Å². The molecular formula is C11H9N3O2. The van der Waals surface area contributed by atoms with E-state index < -0.39 is 5.97 Å². The fourth-order valence-corrected chi connectivity index (χ4v) is 1.80. The Hall–Kier alpha value is -2.43. The number of aliphatic carboxylic acids is 1. The van der Waals surface area contributed by atoms with Crippen molar-refractivity contribution < 1.29 is 9.90 Å². The Labute approximate surface area is 91.9 Å². The Morgan fingerprint density at radius 3 is 2.88 bits per heavy atom. The van der Waals surface area contributed by atoms with Gasteiger partial charge >= 0.3 is 5.97 Å². The van der Waals surface area contributed by atoms with Crippen LogP contribution in [0.3, 0.4) is 0 Å². The second kappa shape index (κ2) is 3.03. The van der Waals surface area contributed by atoms with E-state index in [1.807, 2.05) is 29.7 Å². The number of rotatable bonds is 1. The molecule has 2 N–H and O–H groups in total. The van der Waals surface area contributed by atoms with Crippen LogP contribution >= 0.6 is 0 Å². The van der Waals surface area contributed by atoms with E-state index in [0.717, 1.165) is 11.4 Å². The van der Waals surface area contributed by atoms with E-state index in [0.29, 0.717) is 0 Å². The maximum absolute atomic E-state index is 10.8. The lowest BCUT2D eigenvalue weighted by Crippen LogP contribution is -2.30. The van der Waals surface area contributed by atoms with Crippen LogP contribution < -0.4 is 5.43 Å². The van der Waals surface area contributed by atoms with Crippen LogP contribution in [0.5, 0.6) is 0 Å². The van der Waals surface area contributed by atoms with Crippen molar-refractivity contribution >= 4 is 5.97 Å². The molecule has 80 valence electrons. The number of nitrogens with zero attached hydrogens (tertiary/aromatic N) is 2. The second-order valence-electron chi connectivity index (χ2n) is 3.53. The molecule has 0 amide bonds. The minimum atomic E-state index is -0.920. The van der Waals surface area contributed by atoms with Gasteiger partial charge in [0.25, 0.3) is 0 Å². The third-order valence-electron chi connectivity index (χ3n) is 2.58. The predicted octanol–water partition coefficient (Wildman–Crippen LogP) is 0.857. The van der Waals surface area contributed by atoms with Crippen molar-refractivity contribution in [3.8, 4) is 0 Å². The molecule has 3 heterocycles. The van der Waals surface area contributed by atoms with Crippen molar-refractivity contribution in [2.24, 2.45) is 0 Å². The van der Waals surface area contributed by atoms with Crippen LogP contribution in [0.25, 0.3) is 0 Å². The molecule has 0 spiro atoms. The van der Waals surface area contributed by atoms with Crippen LogP contribution in [0.4, 0.5) is 0 Å². The fourth-order valence-electron chi connectivity index (χ4n) is 1.80. The highest BCUT2D eigenvalue weighted by Gasteiger charge is 2.23. The molecule has 3 aliphatic rings. The first-order valence-corrected chi connectivity index (χ1v) is 4.82. The molecule has 3 aliphatic heterocycles. The van der Waals surface area contributed by atoms with E-state index >= 15 is 0 Å². The summed E-state index contributed by atoms with van der Waals surface area (Å²) < 4.78 is 0. The number of hydrazine groups is 1. The van der Waals surface area contributed by atoms with Gasteiger partial charge in [-0.25, -0.2) is 4.79 Å². The molecule has 0 aliphatic carbocycles. The summed E-state index contributed by atoms with van der Waals surface area (Å²) in [5.74, 6) is -0.920. The molecule has 0 atom stereocenters. The first-order chi connectivity index (χ1) is 7.75. The fraction of sp³-hybridized carbons (Fsp3) is 0. The minimum Gasteiger partial charge on any atom is -0.478 e. The minimum absolute atomic E-state index is 0.275. The van der Waals surface area contributed by atoms with Crippen molar-refractivity contribution in [3.05, 3.63) is 60.0 Å². The lowest BCUT2D eigenvalue weighted by Gasteiger charge is -2.30. The van der Waals surface area contributed by atoms with Gasteiger partial charge < -0.3 is 15.4 Å². The van der Waals surface area contributed by atoms with Gasteiger partial charge in [0.2, 0.25) is 0 Å². The van der Waals surface area contributed by atoms with E-state index in [1.165, 1.54) is 0 Å². The predicted molar refractivity (Wildman–Crippen MR) is 57.0 cm³/mol. The highest BCUT2D eigenvalue weighted by atomic mass is 16.4. The van der Waals surface area contributed by atoms with Crippen LogP contribution in [-0.4, -0.2) is 21.0 Å². The number of allylic oxidation sites excluding steroid dienone is 2. The van der Waals surface area contributed by atoms with Gasteiger partial charge in [-0.2, -0.15) is 0 Å². The summed E-state index contributed by atoms with van der Waals surface area (Å²) in [6.07, 6.45) is 12.4. The van der Waals surface area contributed by atoms with Crippen molar-refractivity contribution in [3.63, 3.8) is 0 Å². The average molecular weight is 215 g/mol. The first-order valence-electron chi connectivity index (χ1n) is 4.82. The number of nitrogens with one attached hydrogen (secondary N) is 1. The molecule has 3 rings (SSSR count). The van der Waals surface area contributed by atoms with Crippen LogP contribution in [-0.2, 0) is 4.79 Å². The van der Waals surface area contributed by atoms with Crippen molar-refractivity contribution in [1.29, 1.82) is 0 Å². The summed E-state index contributed by atoms with van der Waals surface area (Å²) in [6.45, 7) is 0. The molecule has 0 aromatic heterocycles. The van der Waals surface area contributed by atoms with E-state index in [2.05, 4.69) is 5.43 Å². The van der Waals surface area contributed by atoms with Crippen molar-refractivity contribution in [2.45, 2.75) is 0 Å². The smallest absolute Gasteiger partial charge is 0.337 e. The average Bonchev–Trinajstić information content (AvgIpc) is 2.76. The lowest BCUT2D eigenvalue weighted by atomic mass is 10.1. The van der Waals surface area contributed by atoms with Gasteiger partial charge in [0.15, 0.2) is 0 Å². The van der Waals surface area contributed by atoms with Crippen LogP contribution in [0.2, 0.25) is 0 Å². The normalized spacial score (nSPS) is 20.6. The zero-order valence-electron chi connectivity index (χ0n) is 8.29. The summed E-state index contributed by atoms with van der Waals surface area (Å²) in [7, 11) is 0. The second-order valence-corrected chi connectivity index (χ2v) is 3.53. The molecule has 5 nitrogen and oxygen atoms in total. The maximum Gasteiger partial charge on any atom is 0.337 e. The van der Waals surface area contributed by atoms with Gasteiger partial charge in [-0.3, -0.25) is 5.01 Å². The van der Waals surface area contributed by atoms with E-state index in [4.69, 9.17) is 5.11 Å². The number of carboxylic acid groups (broad SMARTS) is 1. The van der Waals surface area contributed by atoms with Crippen LogP contribution in [0.15, 0.2) is 60.0 Å². The molecule has 0 saturated carbocycles. The zero-order chi connectivity index (χ0) is 11.1. The standard InChI is InChI=1S/C11H9N3O2/c15-11(16)8-1-2-9-10-3-4-12-14(10)6-5-13(9)7-8/h1-7,12H,(H,15,16). The summed E-state index contributed by atoms with van der Waals surface area (Å²) in [5, 5.41) is 10.8. The Balaban J connectivity index is 2.04. The summed E-state index contributed by atoms with van der Waals surface area (Å²) in [5.41, 5.74) is 5.26. The van der Waals surface area contributed by atoms with Gasteiger partial charge in [0.05, 0.1) is 17.0 Å². The number of carboxylic acids is 1. The van der Waals surface area contributed by atoms with Gasteiger partial charge in [-0.15, -0.1) is 0 Å². The third kappa shape index (κ3) is 1.15. The van der Waals surface area contributed by atoms with E-state index in [-0.39, 0.29) is 5.57 Å². The molecule has 0 aromatic rings. The summed E-state index contributed by atoms with van der Waals surface area (Å²) in [4.78, 5) is 12.6. The highest BCUT2D eigenvalue weighted by Crippen LogP contribution is 2.28. The molecule has 0 saturated heterocycles. The van der Waals surface area contributed by atoms with Crippen molar-refractivity contribution in [1.82, 2.24) is 15.3 Å². The van der Waals surface area contributed by atoms with E-state index in [1.54, 1.807) is 23.3 Å². The molecule has 16 heavy (non-hydrogen) atoms. The molecule has 0 unspecified atom stereocenters. The van der Waals surface area contributed by atoms with Crippen LogP contribution in [0.1, 0.15) is 0 Å². The number of fused-ring (bicyclic) bond motifs is 2. The molecule has 0 radical (unpaired) electrons. The zero-order valence-corrected chi connectivity index (χ0v) is 8.29. The topological polar surface area (TPSA) is 55.8 Å². The lowest BCUT2D eigenvalue weighted by molar-refractivity contribution is -0.132.